The third-order valence-electron chi connectivity index (χ3n) is 4.73. The Morgan fingerprint density at radius 1 is 1.11 bits per heavy atom. The van der Waals surface area contributed by atoms with Crippen molar-refractivity contribution in [3.63, 3.8) is 0 Å². The topological polar surface area (TPSA) is 74.5 Å². The van der Waals surface area contributed by atoms with Crippen molar-refractivity contribution in [1.29, 1.82) is 5.26 Å². The van der Waals surface area contributed by atoms with Crippen LogP contribution in [0.5, 0.6) is 0 Å². The average molecular weight is 354 g/mol. The molecule has 2 aromatic heterocycles. The predicted molar refractivity (Wildman–Crippen MR) is 105 cm³/mol. The summed E-state index contributed by atoms with van der Waals surface area (Å²) in [5, 5.41) is 9.30. The van der Waals surface area contributed by atoms with Crippen LogP contribution in [0.4, 0.5) is 0 Å². The largest absolute Gasteiger partial charge is 0.327 e. The van der Waals surface area contributed by atoms with Gasteiger partial charge in [0.2, 0.25) is 0 Å². The molecule has 0 unspecified atom stereocenters. The average Bonchev–Trinajstić information content (AvgIpc) is 3.07. The van der Waals surface area contributed by atoms with Crippen molar-refractivity contribution in [2.45, 2.75) is 19.9 Å². The van der Waals surface area contributed by atoms with Crippen molar-refractivity contribution >= 4 is 11.0 Å². The fourth-order valence-corrected chi connectivity index (χ4v) is 3.37. The van der Waals surface area contributed by atoms with Gasteiger partial charge in [0.05, 0.1) is 17.1 Å². The van der Waals surface area contributed by atoms with E-state index in [-0.39, 0.29) is 5.56 Å². The lowest BCUT2D eigenvalue weighted by Gasteiger charge is -2.10. The lowest BCUT2D eigenvalue weighted by Crippen LogP contribution is -2.06. The maximum Gasteiger partial charge on any atom is 0.276 e. The highest BCUT2D eigenvalue weighted by Crippen LogP contribution is 2.24. The van der Waals surface area contributed by atoms with Gasteiger partial charge >= 0.3 is 0 Å². The van der Waals surface area contributed by atoms with Gasteiger partial charge in [0.1, 0.15) is 5.82 Å². The zero-order valence-electron chi connectivity index (χ0n) is 14.9. The Balaban J connectivity index is 1.71. The highest BCUT2D eigenvalue weighted by Gasteiger charge is 2.12. The van der Waals surface area contributed by atoms with E-state index in [2.05, 4.69) is 32.7 Å². The molecule has 0 aliphatic heterocycles. The second kappa shape index (κ2) is 6.93. The van der Waals surface area contributed by atoms with E-state index in [1.54, 1.807) is 6.20 Å². The molecule has 0 saturated heterocycles. The van der Waals surface area contributed by atoms with Gasteiger partial charge in [-0.15, -0.1) is 0 Å². The molecule has 4 aromatic rings. The SMILES string of the molecule is CCc1nc2c(=O)[nH]ccc2n1Cc1ccc(-c2ccccc2C#N)cc1. The Bertz CT molecular complexity index is 1210. The summed E-state index contributed by atoms with van der Waals surface area (Å²) in [6, 6.07) is 19.9. The normalized spacial score (nSPS) is 10.8. The molecule has 2 heterocycles. The standard InChI is InChI=1S/C22H18N4O/c1-2-20-25-21-19(11-12-24-22(21)27)26(20)14-15-7-9-16(10-8-15)18-6-4-3-5-17(18)13-23/h3-12H,2,14H2,1H3,(H,24,27). The van der Waals surface area contributed by atoms with Gasteiger partial charge in [-0.1, -0.05) is 49.4 Å². The summed E-state index contributed by atoms with van der Waals surface area (Å²) in [5.41, 5.74) is 4.88. The van der Waals surface area contributed by atoms with E-state index in [4.69, 9.17) is 0 Å². The number of H-pyrrole nitrogens is 1. The van der Waals surface area contributed by atoms with Gasteiger partial charge in [0.15, 0.2) is 5.52 Å². The van der Waals surface area contributed by atoms with E-state index in [1.165, 1.54) is 0 Å². The summed E-state index contributed by atoms with van der Waals surface area (Å²) >= 11 is 0. The van der Waals surface area contributed by atoms with Crippen LogP contribution in [0.25, 0.3) is 22.2 Å². The molecule has 0 aliphatic rings. The van der Waals surface area contributed by atoms with Crippen molar-refractivity contribution < 1.29 is 0 Å². The lowest BCUT2D eigenvalue weighted by molar-refractivity contribution is 0.753. The molecular weight excluding hydrogens is 336 g/mol. The molecule has 5 heteroatoms. The number of aromatic amines is 1. The molecule has 132 valence electrons. The summed E-state index contributed by atoms with van der Waals surface area (Å²) < 4.78 is 2.09. The third kappa shape index (κ3) is 3.02. The molecule has 0 bridgehead atoms. The van der Waals surface area contributed by atoms with Crippen molar-refractivity contribution in [2.75, 3.05) is 0 Å². The van der Waals surface area contributed by atoms with Crippen molar-refractivity contribution in [2.24, 2.45) is 0 Å². The number of fused-ring (bicyclic) bond motifs is 1. The first-order valence-electron chi connectivity index (χ1n) is 8.86. The monoisotopic (exact) mass is 354 g/mol. The summed E-state index contributed by atoms with van der Waals surface area (Å²) in [7, 11) is 0. The minimum atomic E-state index is -0.163. The highest BCUT2D eigenvalue weighted by molar-refractivity contribution is 5.75. The number of hydrogen-bond acceptors (Lipinski definition) is 3. The number of aryl methyl sites for hydroxylation is 1. The summed E-state index contributed by atoms with van der Waals surface area (Å²) in [6.45, 7) is 2.68. The van der Waals surface area contributed by atoms with E-state index < -0.39 is 0 Å². The van der Waals surface area contributed by atoms with Crippen molar-refractivity contribution in [3.05, 3.63) is 88.1 Å². The van der Waals surface area contributed by atoms with E-state index >= 15 is 0 Å². The zero-order chi connectivity index (χ0) is 18.8. The maximum atomic E-state index is 12.0. The molecule has 0 spiro atoms. The molecule has 0 aliphatic carbocycles. The molecule has 5 nitrogen and oxygen atoms in total. The van der Waals surface area contributed by atoms with E-state index in [0.29, 0.717) is 17.6 Å². The smallest absolute Gasteiger partial charge is 0.276 e. The fourth-order valence-electron chi connectivity index (χ4n) is 3.37. The van der Waals surface area contributed by atoms with Crippen molar-refractivity contribution in [3.8, 4) is 17.2 Å². The van der Waals surface area contributed by atoms with Crippen LogP contribution in [0, 0.1) is 11.3 Å². The van der Waals surface area contributed by atoms with Crippen LogP contribution in [-0.4, -0.2) is 14.5 Å². The quantitative estimate of drug-likeness (QED) is 0.604. The molecule has 0 saturated carbocycles. The number of nitrogens with zero attached hydrogens (tertiary/aromatic N) is 3. The minimum Gasteiger partial charge on any atom is -0.327 e. The zero-order valence-corrected chi connectivity index (χ0v) is 14.9. The van der Waals surface area contributed by atoms with Gasteiger partial charge in [-0.25, -0.2) is 4.98 Å². The van der Waals surface area contributed by atoms with Gasteiger partial charge in [0, 0.05) is 19.2 Å². The molecule has 0 radical (unpaired) electrons. The van der Waals surface area contributed by atoms with Crippen LogP contribution in [0.3, 0.4) is 0 Å². The summed E-state index contributed by atoms with van der Waals surface area (Å²) in [4.78, 5) is 19.2. The first-order chi connectivity index (χ1) is 13.2. The molecule has 27 heavy (non-hydrogen) atoms. The molecule has 2 aromatic carbocycles. The maximum absolute atomic E-state index is 12.0. The van der Waals surface area contributed by atoms with Crippen LogP contribution >= 0.6 is 0 Å². The molecular formula is C22H18N4O. The number of pyridine rings is 1. The van der Waals surface area contributed by atoms with Crippen LogP contribution in [-0.2, 0) is 13.0 Å². The number of nitriles is 1. The Labute approximate surface area is 156 Å². The van der Waals surface area contributed by atoms with Crippen LogP contribution < -0.4 is 5.56 Å². The molecule has 4 rings (SSSR count). The van der Waals surface area contributed by atoms with E-state index in [0.717, 1.165) is 34.5 Å². The summed E-state index contributed by atoms with van der Waals surface area (Å²) in [5.74, 6) is 0.889. The Kier molecular flexibility index (Phi) is 4.31. The van der Waals surface area contributed by atoms with Crippen LogP contribution in [0.2, 0.25) is 0 Å². The van der Waals surface area contributed by atoms with Gasteiger partial charge in [-0.2, -0.15) is 5.26 Å². The predicted octanol–water partition coefficient (Wildman–Crippen LogP) is 3.87. The Hall–Kier alpha value is -3.65. The van der Waals surface area contributed by atoms with Gasteiger partial charge in [-0.05, 0) is 28.8 Å². The number of benzene rings is 2. The minimum absolute atomic E-state index is 0.163. The Morgan fingerprint density at radius 3 is 2.63 bits per heavy atom. The van der Waals surface area contributed by atoms with Gasteiger partial charge in [-0.3, -0.25) is 4.79 Å². The van der Waals surface area contributed by atoms with Crippen LogP contribution in [0.15, 0.2) is 65.6 Å². The number of imidazole rings is 1. The van der Waals surface area contributed by atoms with E-state index in [9.17, 15) is 10.1 Å². The third-order valence-corrected chi connectivity index (χ3v) is 4.73. The number of hydrogen-bond donors (Lipinski definition) is 1. The Morgan fingerprint density at radius 2 is 1.89 bits per heavy atom. The number of aromatic nitrogens is 3. The van der Waals surface area contributed by atoms with E-state index in [1.807, 2.05) is 49.4 Å². The summed E-state index contributed by atoms with van der Waals surface area (Å²) in [6.07, 6.45) is 2.41. The second-order valence-corrected chi connectivity index (χ2v) is 6.36. The van der Waals surface area contributed by atoms with Gasteiger partial charge < -0.3 is 9.55 Å². The van der Waals surface area contributed by atoms with Crippen molar-refractivity contribution in [1.82, 2.24) is 14.5 Å². The second-order valence-electron chi connectivity index (χ2n) is 6.36. The first kappa shape index (κ1) is 16.8. The highest BCUT2D eigenvalue weighted by atomic mass is 16.1. The number of nitrogens with one attached hydrogen (secondary N) is 1. The first-order valence-corrected chi connectivity index (χ1v) is 8.86. The molecule has 0 fully saturated rings. The van der Waals surface area contributed by atoms with Crippen LogP contribution in [0.1, 0.15) is 23.9 Å². The molecule has 0 atom stereocenters. The number of rotatable bonds is 4. The lowest BCUT2D eigenvalue weighted by atomic mass is 9.99. The van der Waals surface area contributed by atoms with Gasteiger partial charge in [0.25, 0.3) is 5.56 Å². The molecule has 0 amide bonds. The molecule has 1 N–H and O–H groups in total. The fraction of sp³-hybridized carbons (Fsp3) is 0.136.